The normalized spacial score (nSPS) is 11.2. The highest BCUT2D eigenvalue weighted by molar-refractivity contribution is 5.78. The van der Waals surface area contributed by atoms with Gasteiger partial charge in [-0.3, -0.25) is 18.7 Å². The summed E-state index contributed by atoms with van der Waals surface area (Å²) in [5.41, 5.74) is 3.62. The number of fused-ring (bicyclic) bond motifs is 1. The van der Waals surface area contributed by atoms with E-state index in [0.29, 0.717) is 23.5 Å². The van der Waals surface area contributed by atoms with Gasteiger partial charge in [-0.2, -0.15) is 10.2 Å². The summed E-state index contributed by atoms with van der Waals surface area (Å²) in [5.74, 6) is 0.456. The molecule has 0 amide bonds. The van der Waals surface area contributed by atoms with E-state index < -0.39 is 0 Å². The Hall–Kier alpha value is -3.42. The predicted molar refractivity (Wildman–Crippen MR) is 99.5 cm³/mol. The lowest BCUT2D eigenvalue weighted by Gasteiger charge is -2.08. The fraction of sp³-hybridized carbons (Fsp3) is 0.222. The quantitative estimate of drug-likeness (QED) is 0.609. The van der Waals surface area contributed by atoms with E-state index >= 15 is 0 Å². The molecule has 4 rings (SSSR count). The third kappa shape index (κ3) is 2.75. The van der Waals surface area contributed by atoms with Crippen LogP contribution in [0.15, 0.2) is 47.5 Å². The van der Waals surface area contributed by atoms with Gasteiger partial charge in [0.15, 0.2) is 5.52 Å². The van der Waals surface area contributed by atoms with Gasteiger partial charge in [0.05, 0.1) is 24.1 Å². The lowest BCUT2D eigenvalue weighted by atomic mass is 10.2. The summed E-state index contributed by atoms with van der Waals surface area (Å²) >= 11 is 0. The molecule has 3 heterocycles. The van der Waals surface area contributed by atoms with Crippen molar-refractivity contribution in [2.75, 3.05) is 5.32 Å². The number of benzene rings is 1. The molecule has 3 aromatic heterocycles. The van der Waals surface area contributed by atoms with E-state index in [1.807, 2.05) is 36.0 Å². The van der Waals surface area contributed by atoms with Crippen LogP contribution in [0.2, 0.25) is 0 Å². The van der Waals surface area contributed by atoms with Crippen LogP contribution in [0, 0.1) is 6.92 Å². The average molecular weight is 349 g/mol. The van der Waals surface area contributed by atoms with Gasteiger partial charge < -0.3 is 5.32 Å². The van der Waals surface area contributed by atoms with E-state index in [1.54, 1.807) is 25.0 Å². The van der Waals surface area contributed by atoms with Crippen molar-refractivity contribution in [2.45, 2.75) is 13.5 Å². The standard InChI is InChI=1S/C18H19N7O/c1-12-15-16(24(3)22-12)17(26)23(2)18(21-15)20-14-9-19-25(11-14)10-13-7-5-4-6-8-13/h4-9,11H,10H2,1-3H3,(H,20,21). The first kappa shape index (κ1) is 16.1. The summed E-state index contributed by atoms with van der Waals surface area (Å²) in [6.07, 6.45) is 3.61. The lowest BCUT2D eigenvalue weighted by Crippen LogP contribution is -2.22. The Kier molecular flexibility index (Phi) is 3.80. The van der Waals surface area contributed by atoms with Crippen LogP contribution >= 0.6 is 0 Å². The zero-order valence-corrected chi connectivity index (χ0v) is 14.8. The molecule has 0 radical (unpaired) electrons. The maximum atomic E-state index is 12.6. The maximum absolute atomic E-state index is 12.6. The molecule has 0 saturated heterocycles. The zero-order chi connectivity index (χ0) is 18.3. The van der Waals surface area contributed by atoms with E-state index in [0.717, 1.165) is 11.4 Å². The van der Waals surface area contributed by atoms with Crippen LogP contribution in [0.5, 0.6) is 0 Å². The molecule has 26 heavy (non-hydrogen) atoms. The second kappa shape index (κ2) is 6.14. The Labute approximate surface area is 149 Å². The molecule has 0 bridgehead atoms. The summed E-state index contributed by atoms with van der Waals surface area (Å²) in [7, 11) is 3.44. The largest absolute Gasteiger partial charge is 0.323 e. The van der Waals surface area contributed by atoms with E-state index in [2.05, 4.69) is 32.6 Å². The third-order valence-corrected chi connectivity index (χ3v) is 4.31. The predicted octanol–water partition coefficient (Wildman–Crippen LogP) is 1.96. The number of rotatable bonds is 4. The molecule has 0 aliphatic carbocycles. The number of aromatic nitrogens is 6. The molecule has 0 aliphatic heterocycles. The van der Waals surface area contributed by atoms with Crippen LogP contribution in [-0.4, -0.2) is 29.1 Å². The number of hydrogen-bond acceptors (Lipinski definition) is 5. The molecule has 0 aliphatic rings. The van der Waals surface area contributed by atoms with Crippen LogP contribution in [-0.2, 0) is 20.6 Å². The van der Waals surface area contributed by atoms with Crippen molar-refractivity contribution in [1.82, 2.24) is 29.1 Å². The van der Waals surface area contributed by atoms with Gasteiger partial charge in [-0.1, -0.05) is 30.3 Å². The van der Waals surface area contributed by atoms with Crippen molar-refractivity contribution in [2.24, 2.45) is 14.1 Å². The van der Waals surface area contributed by atoms with Crippen molar-refractivity contribution in [1.29, 1.82) is 0 Å². The number of nitrogens with zero attached hydrogens (tertiary/aromatic N) is 6. The van der Waals surface area contributed by atoms with Crippen molar-refractivity contribution < 1.29 is 0 Å². The minimum Gasteiger partial charge on any atom is -0.323 e. The van der Waals surface area contributed by atoms with Crippen molar-refractivity contribution in [3.05, 3.63) is 64.3 Å². The molecule has 0 fully saturated rings. The fourth-order valence-corrected chi connectivity index (χ4v) is 2.98. The molecule has 1 N–H and O–H groups in total. The Morgan fingerprint density at radius 2 is 1.92 bits per heavy atom. The molecule has 4 aromatic rings. The third-order valence-electron chi connectivity index (χ3n) is 4.31. The van der Waals surface area contributed by atoms with Gasteiger partial charge in [0.25, 0.3) is 5.56 Å². The van der Waals surface area contributed by atoms with Crippen molar-refractivity contribution in [3.63, 3.8) is 0 Å². The van der Waals surface area contributed by atoms with Crippen LogP contribution in [0.25, 0.3) is 11.0 Å². The molecular weight excluding hydrogens is 330 g/mol. The van der Waals surface area contributed by atoms with Gasteiger partial charge >= 0.3 is 0 Å². The highest BCUT2D eigenvalue weighted by Crippen LogP contribution is 2.17. The minimum atomic E-state index is -0.141. The molecule has 8 heteroatoms. The average Bonchev–Trinajstić information content (AvgIpc) is 3.17. The number of hydrogen-bond donors (Lipinski definition) is 1. The van der Waals surface area contributed by atoms with Gasteiger partial charge in [0.2, 0.25) is 5.95 Å². The SMILES string of the molecule is Cc1nn(C)c2c(=O)n(C)c(Nc3cnn(Cc4ccccc4)c3)nc12. The first-order valence-electron chi connectivity index (χ1n) is 8.26. The van der Waals surface area contributed by atoms with Gasteiger partial charge in [-0.25, -0.2) is 4.98 Å². The summed E-state index contributed by atoms with van der Waals surface area (Å²) in [5, 5.41) is 11.8. The molecular formula is C18H19N7O. The highest BCUT2D eigenvalue weighted by atomic mass is 16.1. The smallest absolute Gasteiger partial charge is 0.280 e. The van der Waals surface area contributed by atoms with Gasteiger partial charge in [0, 0.05) is 20.3 Å². The van der Waals surface area contributed by atoms with Crippen LogP contribution in [0.4, 0.5) is 11.6 Å². The number of anilines is 2. The topological polar surface area (TPSA) is 82.6 Å². The fourth-order valence-electron chi connectivity index (χ4n) is 2.98. The summed E-state index contributed by atoms with van der Waals surface area (Å²) in [6, 6.07) is 10.1. The van der Waals surface area contributed by atoms with Crippen LogP contribution in [0.1, 0.15) is 11.3 Å². The second-order valence-electron chi connectivity index (χ2n) is 6.24. The van der Waals surface area contributed by atoms with E-state index in [4.69, 9.17) is 0 Å². The summed E-state index contributed by atoms with van der Waals surface area (Å²) in [4.78, 5) is 17.2. The molecule has 132 valence electrons. The zero-order valence-electron chi connectivity index (χ0n) is 14.8. The molecule has 0 spiro atoms. The Morgan fingerprint density at radius 3 is 2.69 bits per heavy atom. The van der Waals surface area contributed by atoms with Gasteiger partial charge in [-0.15, -0.1) is 0 Å². The molecule has 0 atom stereocenters. The Morgan fingerprint density at radius 1 is 1.15 bits per heavy atom. The Bertz CT molecular complexity index is 1140. The highest BCUT2D eigenvalue weighted by Gasteiger charge is 2.15. The molecule has 8 nitrogen and oxygen atoms in total. The number of aryl methyl sites for hydroxylation is 2. The second-order valence-corrected chi connectivity index (χ2v) is 6.24. The molecule has 1 aromatic carbocycles. The number of nitrogens with one attached hydrogen (secondary N) is 1. The van der Waals surface area contributed by atoms with Crippen molar-refractivity contribution >= 4 is 22.7 Å². The monoisotopic (exact) mass is 349 g/mol. The van der Waals surface area contributed by atoms with Crippen LogP contribution < -0.4 is 10.9 Å². The van der Waals surface area contributed by atoms with E-state index in [9.17, 15) is 4.79 Å². The van der Waals surface area contributed by atoms with Gasteiger partial charge in [0.1, 0.15) is 5.52 Å². The van der Waals surface area contributed by atoms with Crippen molar-refractivity contribution in [3.8, 4) is 0 Å². The first-order chi connectivity index (χ1) is 12.5. The first-order valence-corrected chi connectivity index (χ1v) is 8.26. The molecule has 0 unspecified atom stereocenters. The minimum absolute atomic E-state index is 0.141. The van der Waals surface area contributed by atoms with E-state index in [-0.39, 0.29) is 5.56 Å². The van der Waals surface area contributed by atoms with Gasteiger partial charge in [-0.05, 0) is 12.5 Å². The van der Waals surface area contributed by atoms with Crippen LogP contribution in [0.3, 0.4) is 0 Å². The van der Waals surface area contributed by atoms with E-state index in [1.165, 1.54) is 10.1 Å². The molecule has 0 saturated carbocycles. The summed E-state index contributed by atoms with van der Waals surface area (Å²) in [6.45, 7) is 2.52. The summed E-state index contributed by atoms with van der Waals surface area (Å²) < 4.78 is 4.89. The lowest BCUT2D eigenvalue weighted by molar-refractivity contribution is 0.687. The maximum Gasteiger partial charge on any atom is 0.280 e. The Balaban J connectivity index is 1.65.